The van der Waals surface area contributed by atoms with Gasteiger partial charge < -0.3 is 20.5 Å². The zero-order valence-electron chi connectivity index (χ0n) is 12.7. The number of hydrogen-bond donors (Lipinski definition) is 2. The molecular formula is C16H28N2O2. The van der Waals surface area contributed by atoms with Gasteiger partial charge in [-0.1, -0.05) is 12.1 Å². The molecule has 0 fully saturated rings. The second kappa shape index (κ2) is 9.75. The first-order valence-electron chi connectivity index (χ1n) is 7.44. The largest absolute Gasteiger partial charge is 0.494 e. The van der Waals surface area contributed by atoms with E-state index < -0.39 is 0 Å². The molecule has 1 aromatic carbocycles. The average Bonchev–Trinajstić information content (AvgIpc) is 2.46. The summed E-state index contributed by atoms with van der Waals surface area (Å²) in [6.45, 7) is 7.80. The van der Waals surface area contributed by atoms with Gasteiger partial charge in [0.1, 0.15) is 5.75 Å². The number of ether oxygens (including phenoxy) is 1. The van der Waals surface area contributed by atoms with E-state index in [9.17, 15) is 0 Å². The molecule has 0 saturated heterocycles. The molecular weight excluding hydrogens is 252 g/mol. The molecule has 0 radical (unpaired) electrons. The lowest BCUT2D eigenvalue weighted by Crippen LogP contribution is -2.33. The topological polar surface area (TPSA) is 58.7 Å². The fraction of sp³-hybridized carbons (Fsp3) is 0.625. The minimum Gasteiger partial charge on any atom is -0.494 e. The highest BCUT2D eigenvalue weighted by Gasteiger charge is 2.08. The SMILES string of the molecule is CC(C)N(CCCO)CCCOc1cccc(CN)c1. The van der Waals surface area contributed by atoms with E-state index in [4.69, 9.17) is 15.6 Å². The van der Waals surface area contributed by atoms with Gasteiger partial charge in [0.2, 0.25) is 0 Å². The van der Waals surface area contributed by atoms with E-state index >= 15 is 0 Å². The molecule has 3 N–H and O–H groups in total. The van der Waals surface area contributed by atoms with Gasteiger partial charge in [-0.25, -0.2) is 0 Å². The molecule has 4 nitrogen and oxygen atoms in total. The molecule has 0 bridgehead atoms. The van der Waals surface area contributed by atoms with Gasteiger partial charge >= 0.3 is 0 Å². The molecule has 0 aromatic heterocycles. The fourth-order valence-corrected chi connectivity index (χ4v) is 2.12. The standard InChI is InChI=1S/C16H28N2O2/c1-14(2)18(8-4-10-19)9-5-11-20-16-7-3-6-15(12-16)13-17/h3,6-7,12,14,19H,4-5,8-11,13,17H2,1-2H3. The Bertz CT molecular complexity index is 369. The highest BCUT2D eigenvalue weighted by Crippen LogP contribution is 2.13. The van der Waals surface area contributed by atoms with Crippen LogP contribution in [0.25, 0.3) is 0 Å². The van der Waals surface area contributed by atoms with Crippen LogP contribution in [0.3, 0.4) is 0 Å². The zero-order chi connectivity index (χ0) is 14.8. The Hall–Kier alpha value is -1.10. The third-order valence-corrected chi connectivity index (χ3v) is 3.33. The monoisotopic (exact) mass is 280 g/mol. The number of nitrogens with zero attached hydrogens (tertiary/aromatic N) is 1. The molecule has 0 spiro atoms. The van der Waals surface area contributed by atoms with Crippen LogP contribution >= 0.6 is 0 Å². The molecule has 0 aliphatic carbocycles. The zero-order valence-corrected chi connectivity index (χ0v) is 12.7. The van der Waals surface area contributed by atoms with Gasteiger partial charge in [0.05, 0.1) is 6.61 Å². The minimum atomic E-state index is 0.256. The van der Waals surface area contributed by atoms with E-state index in [1.165, 1.54) is 0 Å². The second-order valence-corrected chi connectivity index (χ2v) is 5.26. The van der Waals surface area contributed by atoms with E-state index in [-0.39, 0.29) is 6.61 Å². The summed E-state index contributed by atoms with van der Waals surface area (Å²) in [7, 11) is 0. The van der Waals surface area contributed by atoms with Crippen molar-refractivity contribution in [2.24, 2.45) is 5.73 Å². The van der Waals surface area contributed by atoms with Crippen LogP contribution in [0.5, 0.6) is 5.75 Å². The van der Waals surface area contributed by atoms with Gasteiger partial charge in [0.15, 0.2) is 0 Å². The molecule has 1 rings (SSSR count). The van der Waals surface area contributed by atoms with Crippen molar-refractivity contribution in [3.05, 3.63) is 29.8 Å². The normalized spacial score (nSPS) is 11.3. The van der Waals surface area contributed by atoms with Crippen LogP contribution in [0.2, 0.25) is 0 Å². The summed E-state index contributed by atoms with van der Waals surface area (Å²) in [6, 6.07) is 8.43. The summed E-state index contributed by atoms with van der Waals surface area (Å²) in [6.07, 6.45) is 1.81. The maximum Gasteiger partial charge on any atom is 0.119 e. The van der Waals surface area contributed by atoms with Gasteiger partial charge in [0.25, 0.3) is 0 Å². The fourth-order valence-electron chi connectivity index (χ4n) is 2.12. The molecule has 4 heteroatoms. The number of hydrogen-bond acceptors (Lipinski definition) is 4. The average molecular weight is 280 g/mol. The lowest BCUT2D eigenvalue weighted by atomic mass is 10.2. The van der Waals surface area contributed by atoms with Crippen molar-refractivity contribution in [1.82, 2.24) is 4.90 Å². The molecule has 0 saturated carbocycles. The van der Waals surface area contributed by atoms with Gasteiger partial charge in [-0.15, -0.1) is 0 Å². The Kier molecular flexibility index (Phi) is 8.26. The van der Waals surface area contributed by atoms with Crippen LogP contribution in [-0.2, 0) is 6.54 Å². The first-order chi connectivity index (χ1) is 9.67. The maximum atomic E-state index is 8.90. The Morgan fingerprint density at radius 1 is 1.25 bits per heavy atom. The maximum absolute atomic E-state index is 8.90. The van der Waals surface area contributed by atoms with Gasteiger partial charge in [-0.05, 0) is 44.4 Å². The van der Waals surface area contributed by atoms with Gasteiger partial charge in [-0.3, -0.25) is 0 Å². The molecule has 0 atom stereocenters. The smallest absolute Gasteiger partial charge is 0.119 e. The lowest BCUT2D eigenvalue weighted by Gasteiger charge is -2.26. The Balaban J connectivity index is 2.28. The van der Waals surface area contributed by atoms with Crippen LogP contribution in [0.1, 0.15) is 32.3 Å². The van der Waals surface area contributed by atoms with Crippen molar-refractivity contribution < 1.29 is 9.84 Å². The summed E-state index contributed by atoms with van der Waals surface area (Å²) >= 11 is 0. The predicted octanol–water partition coefficient (Wildman–Crippen LogP) is 2.01. The molecule has 20 heavy (non-hydrogen) atoms. The van der Waals surface area contributed by atoms with Gasteiger partial charge in [0, 0.05) is 32.3 Å². The predicted molar refractivity (Wildman–Crippen MR) is 82.9 cm³/mol. The molecule has 0 amide bonds. The second-order valence-electron chi connectivity index (χ2n) is 5.26. The summed E-state index contributed by atoms with van der Waals surface area (Å²) in [5.41, 5.74) is 6.70. The van der Waals surface area contributed by atoms with Crippen LogP contribution in [0.4, 0.5) is 0 Å². The van der Waals surface area contributed by atoms with Crippen molar-refractivity contribution >= 4 is 0 Å². The number of aliphatic hydroxyl groups is 1. The molecule has 0 aliphatic rings. The third-order valence-electron chi connectivity index (χ3n) is 3.33. The molecule has 1 aromatic rings. The molecule has 0 unspecified atom stereocenters. The van der Waals surface area contributed by atoms with E-state index in [0.717, 1.165) is 37.2 Å². The van der Waals surface area contributed by atoms with Gasteiger partial charge in [-0.2, -0.15) is 0 Å². The van der Waals surface area contributed by atoms with E-state index in [1.54, 1.807) is 0 Å². The van der Waals surface area contributed by atoms with Crippen LogP contribution < -0.4 is 10.5 Å². The van der Waals surface area contributed by atoms with Crippen LogP contribution in [-0.4, -0.2) is 42.4 Å². The quantitative estimate of drug-likeness (QED) is 0.644. The lowest BCUT2D eigenvalue weighted by molar-refractivity contribution is 0.177. The van der Waals surface area contributed by atoms with E-state index in [0.29, 0.717) is 19.2 Å². The van der Waals surface area contributed by atoms with Crippen molar-refractivity contribution in [3.8, 4) is 5.75 Å². The first kappa shape index (κ1) is 17.0. The van der Waals surface area contributed by atoms with Crippen LogP contribution in [0.15, 0.2) is 24.3 Å². The Morgan fingerprint density at radius 2 is 2.00 bits per heavy atom. The highest BCUT2D eigenvalue weighted by molar-refractivity contribution is 5.28. The van der Waals surface area contributed by atoms with Crippen LogP contribution in [0, 0.1) is 0 Å². The molecule has 0 aliphatic heterocycles. The molecule has 0 heterocycles. The minimum absolute atomic E-state index is 0.256. The summed E-state index contributed by atoms with van der Waals surface area (Å²) in [5, 5.41) is 8.90. The number of benzene rings is 1. The van der Waals surface area contributed by atoms with Crippen molar-refractivity contribution in [2.45, 2.75) is 39.3 Å². The Labute approximate surface area is 122 Å². The number of rotatable bonds is 10. The van der Waals surface area contributed by atoms with E-state index in [1.807, 2.05) is 24.3 Å². The first-order valence-corrected chi connectivity index (χ1v) is 7.44. The Morgan fingerprint density at radius 3 is 2.65 bits per heavy atom. The van der Waals surface area contributed by atoms with E-state index in [2.05, 4.69) is 18.7 Å². The van der Waals surface area contributed by atoms with Crippen molar-refractivity contribution in [2.75, 3.05) is 26.3 Å². The van der Waals surface area contributed by atoms with Crippen molar-refractivity contribution in [3.63, 3.8) is 0 Å². The number of aliphatic hydroxyl groups excluding tert-OH is 1. The molecule has 114 valence electrons. The number of nitrogens with two attached hydrogens (primary N) is 1. The third kappa shape index (κ3) is 6.37. The van der Waals surface area contributed by atoms with Crippen molar-refractivity contribution in [1.29, 1.82) is 0 Å². The highest BCUT2D eigenvalue weighted by atomic mass is 16.5. The summed E-state index contributed by atoms with van der Waals surface area (Å²) in [4.78, 5) is 2.37. The summed E-state index contributed by atoms with van der Waals surface area (Å²) < 4.78 is 5.75. The summed E-state index contributed by atoms with van der Waals surface area (Å²) in [5.74, 6) is 0.888.